The smallest absolute Gasteiger partial charge is 0.419 e. The van der Waals surface area contributed by atoms with E-state index in [4.69, 9.17) is 9.52 Å². The number of aromatic nitrogens is 1. The Hall–Kier alpha value is -1.89. The van der Waals surface area contributed by atoms with Gasteiger partial charge in [-0.05, 0) is 18.2 Å². The summed E-state index contributed by atoms with van der Waals surface area (Å²) in [4.78, 5) is 3.63. The van der Waals surface area contributed by atoms with E-state index in [0.717, 1.165) is 12.5 Å². The third-order valence-electron chi connectivity index (χ3n) is 2.32. The summed E-state index contributed by atoms with van der Waals surface area (Å²) in [6.45, 7) is -0.482. The van der Waals surface area contributed by atoms with Crippen LogP contribution in [0.4, 0.5) is 17.6 Å². The Morgan fingerprint density at radius 1 is 1.28 bits per heavy atom. The number of aliphatic hydroxyl groups is 1. The molecule has 0 unspecified atom stereocenters. The molecule has 1 heterocycles. The molecule has 96 valence electrons. The fourth-order valence-corrected chi connectivity index (χ4v) is 1.50. The van der Waals surface area contributed by atoms with E-state index in [0.29, 0.717) is 12.1 Å². The summed E-state index contributed by atoms with van der Waals surface area (Å²) in [5.74, 6) is -1.38. The number of oxazole rings is 1. The van der Waals surface area contributed by atoms with Gasteiger partial charge >= 0.3 is 6.18 Å². The lowest BCUT2D eigenvalue weighted by atomic mass is 10.1. The van der Waals surface area contributed by atoms with Crippen molar-refractivity contribution in [2.75, 3.05) is 0 Å². The molecule has 1 aromatic heterocycles. The highest BCUT2D eigenvalue weighted by Gasteiger charge is 2.34. The van der Waals surface area contributed by atoms with Crippen LogP contribution < -0.4 is 0 Å². The zero-order valence-electron chi connectivity index (χ0n) is 8.83. The molecule has 1 aromatic carbocycles. The van der Waals surface area contributed by atoms with Gasteiger partial charge in [-0.3, -0.25) is 0 Å². The van der Waals surface area contributed by atoms with E-state index >= 15 is 0 Å². The Balaban J connectivity index is 2.54. The van der Waals surface area contributed by atoms with Crippen LogP contribution in [-0.2, 0) is 12.8 Å². The maximum Gasteiger partial charge on any atom is 0.419 e. The molecule has 0 amide bonds. The third-order valence-corrected chi connectivity index (χ3v) is 2.32. The number of aliphatic hydroxyl groups excluding tert-OH is 1. The minimum atomic E-state index is -4.79. The van der Waals surface area contributed by atoms with Crippen molar-refractivity contribution < 1.29 is 27.1 Å². The zero-order chi connectivity index (χ0) is 13.3. The highest BCUT2D eigenvalue weighted by atomic mass is 19.4. The molecule has 2 rings (SSSR count). The van der Waals surface area contributed by atoms with E-state index in [1.165, 1.54) is 0 Å². The van der Waals surface area contributed by atoms with Crippen LogP contribution >= 0.6 is 0 Å². The number of hydrogen-bond acceptors (Lipinski definition) is 3. The lowest BCUT2D eigenvalue weighted by Gasteiger charge is -2.09. The van der Waals surface area contributed by atoms with Crippen molar-refractivity contribution in [3.8, 4) is 11.3 Å². The first-order valence-corrected chi connectivity index (χ1v) is 4.84. The Morgan fingerprint density at radius 2 is 2.00 bits per heavy atom. The van der Waals surface area contributed by atoms with E-state index in [1.807, 2.05) is 0 Å². The van der Waals surface area contributed by atoms with E-state index in [-0.39, 0.29) is 17.0 Å². The summed E-state index contributed by atoms with van der Waals surface area (Å²) in [6, 6.07) is 2.45. The lowest BCUT2D eigenvalue weighted by Crippen LogP contribution is -2.08. The summed E-state index contributed by atoms with van der Waals surface area (Å²) in [5.41, 5.74) is -1.29. The second-order valence-electron chi connectivity index (χ2n) is 3.48. The van der Waals surface area contributed by atoms with Gasteiger partial charge in [0.15, 0.2) is 12.2 Å². The summed E-state index contributed by atoms with van der Waals surface area (Å²) >= 11 is 0. The normalized spacial score (nSPS) is 11.8. The molecule has 18 heavy (non-hydrogen) atoms. The van der Waals surface area contributed by atoms with Crippen molar-refractivity contribution in [3.05, 3.63) is 41.7 Å². The molecular formula is C11H7F4NO2. The highest BCUT2D eigenvalue weighted by Crippen LogP contribution is 2.34. The monoisotopic (exact) mass is 261 g/mol. The van der Waals surface area contributed by atoms with Crippen molar-refractivity contribution in [2.24, 2.45) is 0 Å². The minimum absolute atomic E-state index is 0.00488. The molecule has 0 aliphatic carbocycles. The molecule has 0 aliphatic heterocycles. The SMILES string of the molecule is OCc1ncoc1-c1ccc(F)c(C(F)(F)F)c1. The molecule has 0 fully saturated rings. The van der Waals surface area contributed by atoms with Crippen molar-refractivity contribution in [1.82, 2.24) is 4.98 Å². The van der Waals surface area contributed by atoms with E-state index in [2.05, 4.69) is 4.98 Å². The number of halogens is 4. The van der Waals surface area contributed by atoms with Crippen molar-refractivity contribution in [1.29, 1.82) is 0 Å². The van der Waals surface area contributed by atoms with Crippen LogP contribution in [0.5, 0.6) is 0 Å². The van der Waals surface area contributed by atoms with E-state index in [1.54, 1.807) is 0 Å². The zero-order valence-corrected chi connectivity index (χ0v) is 8.83. The quantitative estimate of drug-likeness (QED) is 0.845. The molecular weight excluding hydrogens is 254 g/mol. The molecule has 2 aromatic rings. The van der Waals surface area contributed by atoms with Gasteiger partial charge in [0, 0.05) is 5.56 Å². The number of rotatable bonds is 2. The van der Waals surface area contributed by atoms with Crippen LogP contribution in [-0.4, -0.2) is 10.1 Å². The average Bonchev–Trinajstić information content (AvgIpc) is 2.76. The largest absolute Gasteiger partial charge is 0.443 e. The van der Waals surface area contributed by atoms with Crippen LogP contribution in [0.15, 0.2) is 29.0 Å². The number of hydrogen-bond donors (Lipinski definition) is 1. The summed E-state index contributed by atoms with van der Waals surface area (Å²) in [5, 5.41) is 8.93. The standard InChI is InChI=1S/C11H7F4NO2/c12-8-2-1-6(3-7(8)11(13,14)15)10-9(4-17)16-5-18-10/h1-3,5,17H,4H2. The topological polar surface area (TPSA) is 46.3 Å². The van der Waals surface area contributed by atoms with Gasteiger partial charge in [-0.15, -0.1) is 0 Å². The van der Waals surface area contributed by atoms with Gasteiger partial charge in [0.2, 0.25) is 0 Å². The molecule has 0 radical (unpaired) electrons. The van der Waals surface area contributed by atoms with E-state index in [9.17, 15) is 17.6 Å². The first kappa shape index (κ1) is 12.6. The molecule has 1 N–H and O–H groups in total. The molecule has 0 saturated heterocycles. The summed E-state index contributed by atoms with van der Waals surface area (Å²) in [7, 11) is 0. The maximum absolute atomic E-state index is 13.1. The van der Waals surface area contributed by atoms with Gasteiger partial charge in [-0.25, -0.2) is 9.37 Å². The third kappa shape index (κ3) is 2.21. The molecule has 0 spiro atoms. The average molecular weight is 261 g/mol. The summed E-state index contributed by atoms with van der Waals surface area (Å²) < 4.78 is 55.5. The van der Waals surface area contributed by atoms with Crippen LogP contribution in [0, 0.1) is 5.82 Å². The highest BCUT2D eigenvalue weighted by molar-refractivity contribution is 5.61. The Morgan fingerprint density at radius 3 is 2.61 bits per heavy atom. The van der Waals surface area contributed by atoms with Crippen LogP contribution in [0.1, 0.15) is 11.3 Å². The van der Waals surface area contributed by atoms with Crippen LogP contribution in [0.3, 0.4) is 0 Å². The Labute approximate surface area is 98.7 Å². The van der Waals surface area contributed by atoms with Crippen molar-refractivity contribution in [2.45, 2.75) is 12.8 Å². The molecule has 0 bridgehead atoms. The fraction of sp³-hybridized carbons (Fsp3) is 0.182. The fourth-order valence-electron chi connectivity index (χ4n) is 1.50. The first-order chi connectivity index (χ1) is 8.43. The lowest BCUT2D eigenvalue weighted by molar-refractivity contribution is -0.139. The van der Waals surface area contributed by atoms with Crippen LogP contribution in [0.2, 0.25) is 0 Å². The van der Waals surface area contributed by atoms with Gasteiger partial charge in [0.25, 0.3) is 0 Å². The van der Waals surface area contributed by atoms with Gasteiger partial charge in [0.05, 0.1) is 12.2 Å². The second kappa shape index (κ2) is 4.41. The van der Waals surface area contributed by atoms with Gasteiger partial charge < -0.3 is 9.52 Å². The molecule has 0 saturated carbocycles. The molecule has 0 aliphatic rings. The molecule has 3 nitrogen and oxygen atoms in total. The van der Waals surface area contributed by atoms with Crippen LogP contribution in [0.25, 0.3) is 11.3 Å². The van der Waals surface area contributed by atoms with Gasteiger partial charge in [-0.1, -0.05) is 0 Å². The minimum Gasteiger partial charge on any atom is -0.443 e. The Bertz CT molecular complexity index is 562. The molecule has 7 heteroatoms. The predicted molar refractivity (Wildman–Crippen MR) is 52.8 cm³/mol. The van der Waals surface area contributed by atoms with Crippen molar-refractivity contribution in [3.63, 3.8) is 0 Å². The van der Waals surface area contributed by atoms with Gasteiger partial charge in [0.1, 0.15) is 11.5 Å². The van der Waals surface area contributed by atoms with Crippen molar-refractivity contribution >= 4 is 0 Å². The second-order valence-corrected chi connectivity index (χ2v) is 3.48. The maximum atomic E-state index is 13.1. The summed E-state index contributed by atoms with van der Waals surface area (Å²) in [6.07, 6.45) is -3.79. The number of benzene rings is 1. The molecule has 0 atom stereocenters. The number of alkyl halides is 3. The first-order valence-electron chi connectivity index (χ1n) is 4.84. The van der Waals surface area contributed by atoms with Gasteiger partial charge in [-0.2, -0.15) is 13.2 Å². The predicted octanol–water partition coefficient (Wildman–Crippen LogP) is 2.99. The number of nitrogens with zero attached hydrogens (tertiary/aromatic N) is 1. The Kier molecular flexibility index (Phi) is 3.08. The van der Waals surface area contributed by atoms with E-state index < -0.39 is 24.2 Å².